The topological polar surface area (TPSA) is 97.9 Å². The van der Waals surface area contributed by atoms with E-state index >= 15 is 0 Å². The monoisotopic (exact) mass is 416 g/mol. The third-order valence-corrected chi connectivity index (χ3v) is 5.89. The Kier molecular flexibility index (Phi) is 4.78. The molecule has 4 aromatic rings. The highest BCUT2D eigenvalue weighted by Gasteiger charge is 2.30. The van der Waals surface area contributed by atoms with Gasteiger partial charge >= 0.3 is 0 Å². The lowest BCUT2D eigenvalue weighted by Crippen LogP contribution is -2.50. The van der Waals surface area contributed by atoms with Crippen molar-refractivity contribution in [1.29, 1.82) is 0 Å². The molecule has 1 amide bonds. The van der Waals surface area contributed by atoms with Crippen LogP contribution in [0, 0.1) is 0 Å². The normalized spacial score (nSPS) is 18.2. The van der Waals surface area contributed by atoms with Crippen LogP contribution in [0.5, 0.6) is 0 Å². The van der Waals surface area contributed by atoms with Gasteiger partial charge in [-0.05, 0) is 48.2 Å². The van der Waals surface area contributed by atoms with Crippen LogP contribution in [0.2, 0.25) is 0 Å². The Labute approximate surface area is 179 Å². The Morgan fingerprint density at radius 1 is 1.16 bits per heavy atom. The first-order valence-electron chi connectivity index (χ1n) is 10.4. The predicted molar refractivity (Wildman–Crippen MR) is 116 cm³/mol. The second kappa shape index (κ2) is 7.63. The van der Waals surface area contributed by atoms with E-state index in [-0.39, 0.29) is 11.9 Å². The third kappa shape index (κ3) is 3.70. The molecule has 0 bridgehead atoms. The maximum absolute atomic E-state index is 12.7. The minimum atomic E-state index is -0.465. The van der Waals surface area contributed by atoms with Gasteiger partial charge in [0.15, 0.2) is 0 Å². The molecule has 5 rings (SSSR count). The van der Waals surface area contributed by atoms with Crippen LogP contribution in [0.25, 0.3) is 22.4 Å². The molecule has 4 aromatic heterocycles. The largest absolute Gasteiger partial charge is 0.391 e. The van der Waals surface area contributed by atoms with Crippen LogP contribution in [0.1, 0.15) is 34.5 Å². The number of aromatic nitrogens is 5. The highest BCUT2D eigenvalue weighted by Crippen LogP contribution is 2.24. The second-order valence-corrected chi connectivity index (χ2v) is 8.15. The molecular weight excluding hydrogens is 392 g/mol. The molecule has 8 nitrogen and oxygen atoms in total. The number of rotatable bonds is 5. The molecule has 0 spiro atoms. The minimum Gasteiger partial charge on any atom is -0.391 e. The molecular formula is C23H24N6O2. The van der Waals surface area contributed by atoms with E-state index in [1.807, 2.05) is 67.6 Å². The summed E-state index contributed by atoms with van der Waals surface area (Å²) in [5.41, 5.74) is 5.83. The summed E-state index contributed by atoms with van der Waals surface area (Å²) in [6, 6.07) is 9.50. The number of hydrogen-bond donors (Lipinski definition) is 2. The molecule has 4 heterocycles. The molecule has 31 heavy (non-hydrogen) atoms. The number of fused-ring (bicyclic) bond motifs is 1. The number of aliphatic hydroxyl groups is 1. The van der Waals surface area contributed by atoms with Crippen LogP contribution in [0.4, 0.5) is 0 Å². The lowest BCUT2D eigenvalue weighted by molar-refractivity contribution is 0.0446. The molecule has 1 saturated carbocycles. The smallest absolute Gasteiger partial charge is 0.270 e. The maximum Gasteiger partial charge on any atom is 0.270 e. The fourth-order valence-corrected chi connectivity index (χ4v) is 3.99. The van der Waals surface area contributed by atoms with Crippen molar-refractivity contribution in [2.45, 2.75) is 31.4 Å². The molecule has 0 unspecified atom stereocenters. The quantitative estimate of drug-likeness (QED) is 0.520. The van der Waals surface area contributed by atoms with E-state index in [0.717, 1.165) is 46.4 Å². The average Bonchev–Trinajstić information content (AvgIpc) is 3.37. The van der Waals surface area contributed by atoms with Crippen molar-refractivity contribution in [2.24, 2.45) is 14.1 Å². The van der Waals surface area contributed by atoms with Crippen LogP contribution in [-0.2, 0) is 20.5 Å². The number of carbonyl (C=O) groups is 1. The number of nitrogens with zero attached hydrogens (tertiary/aromatic N) is 5. The van der Waals surface area contributed by atoms with Crippen LogP contribution >= 0.6 is 0 Å². The Hall–Kier alpha value is -3.52. The standard InChI is InChI=1S/C23H24N6O2/c1-28-9-7-19-22(28)15(12-20(25-19)23(31)26-18-5-6-21(18)30)11-14-3-4-16(24-13-14)17-8-10-29(2)27-17/h3-4,7-10,12-13,18,21,30H,5-6,11H2,1-2H3,(H,26,31)/t18-,21-/m0/s1. The summed E-state index contributed by atoms with van der Waals surface area (Å²) in [5.74, 6) is -0.251. The van der Waals surface area contributed by atoms with Crippen molar-refractivity contribution >= 4 is 16.9 Å². The van der Waals surface area contributed by atoms with Crippen LogP contribution in [-0.4, -0.2) is 47.5 Å². The zero-order valence-electron chi connectivity index (χ0n) is 17.5. The summed E-state index contributed by atoms with van der Waals surface area (Å²) in [6.45, 7) is 0. The van der Waals surface area contributed by atoms with Gasteiger partial charge in [-0.15, -0.1) is 0 Å². The van der Waals surface area contributed by atoms with Crippen molar-refractivity contribution in [2.75, 3.05) is 0 Å². The molecule has 1 fully saturated rings. The molecule has 2 N–H and O–H groups in total. The van der Waals surface area contributed by atoms with Gasteiger partial charge in [0, 0.05) is 39.1 Å². The molecule has 1 aliphatic carbocycles. The van der Waals surface area contributed by atoms with Gasteiger partial charge in [0.1, 0.15) is 11.4 Å². The zero-order chi connectivity index (χ0) is 21.5. The average molecular weight is 416 g/mol. The molecule has 8 heteroatoms. The van der Waals surface area contributed by atoms with E-state index in [4.69, 9.17) is 0 Å². The van der Waals surface area contributed by atoms with E-state index in [2.05, 4.69) is 20.4 Å². The number of hydrogen-bond acceptors (Lipinski definition) is 5. The van der Waals surface area contributed by atoms with Gasteiger partial charge in [-0.1, -0.05) is 6.07 Å². The van der Waals surface area contributed by atoms with E-state index in [1.165, 1.54) is 0 Å². The number of pyridine rings is 2. The summed E-state index contributed by atoms with van der Waals surface area (Å²) in [5, 5.41) is 17.1. The first kappa shape index (κ1) is 19.4. The highest BCUT2D eigenvalue weighted by atomic mass is 16.3. The fraction of sp³-hybridized carbons (Fsp3) is 0.304. The number of amides is 1. The summed E-state index contributed by atoms with van der Waals surface area (Å²) in [6.07, 6.45) is 7.37. The SMILES string of the molecule is Cn1ccc(-c2ccc(Cc3cc(C(=O)N[C@H]4CC[C@@H]4O)nc4ccn(C)c34)cn2)n1. The lowest BCUT2D eigenvalue weighted by Gasteiger charge is -2.32. The van der Waals surface area contributed by atoms with Gasteiger partial charge in [0.2, 0.25) is 0 Å². The van der Waals surface area contributed by atoms with Crippen molar-refractivity contribution in [3.05, 3.63) is 65.7 Å². The predicted octanol–water partition coefficient (Wildman–Crippen LogP) is 2.21. The maximum atomic E-state index is 12.7. The number of aryl methyl sites for hydroxylation is 2. The Morgan fingerprint density at radius 2 is 2.03 bits per heavy atom. The molecule has 0 aromatic carbocycles. The number of aliphatic hydroxyl groups excluding tert-OH is 1. The third-order valence-electron chi connectivity index (χ3n) is 5.89. The van der Waals surface area contributed by atoms with Gasteiger partial charge in [0.25, 0.3) is 5.91 Å². The summed E-state index contributed by atoms with van der Waals surface area (Å²) >= 11 is 0. The highest BCUT2D eigenvalue weighted by molar-refractivity contribution is 5.95. The summed E-state index contributed by atoms with van der Waals surface area (Å²) in [4.78, 5) is 21.9. The van der Waals surface area contributed by atoms with E-state index in [1.54, 1.807) is 4.68 Å². The first-order chi connectivity index (χ1) is 15.0. The van der Waals surface area contributed by atoms with Gasteiger partial charge in [0.05, 0.1) is 28.9 Å². The van der Waals surface area contributed by atoms with Gasteiger partial charge in [-0.25, -0.2) is 4.98 Å². The molecule has 2 atom stereocenters. The fourth-order valence-electron chi connectivity index (χ4n) is 3.99. The number of carbonyl (C=O) groups excluding carboxylic acids is 1. The van der Waals surface area contributed by atoms with Crippen molar-refractivity contribution < 1.29 is 9.90 Å². The van der Waals surface area contributed by atoms with Crippen molar-refractivity contribution in [3.8, 4) is 11.4 Å². The Morgan fingerprint density at radius 3 is 2.68 bits per heavy atom. The summed E-state index contributed by atoms with van der Waals surface area (Å²) in [7, 11) is 3.85. The van der Waals surface area contributed by atoms with Crippen molar-refractivity contribution in [3.63, 3.8) is 0 Å². The molecule has 0 aliphatic heterocycles. The minimum absolute atomic E-state index is 0.187. The Bertz CT molecular complexity index is 1260. The molecule has 158 valence electrons. The van der Waals surface area contributed by atoms with E-state index in [0.29, 0.717) is 12.1 Å². The lowest BCUT2D eigenvalue weighted by atomic mass is 9.89. The van der Waals surface area contributed by atoms with Gasteiger partial charge < -0.3 is 15.0 Å². The van der Waals surface area contributed by atoms with Crippen LogP contribution in [0.3, 0.4) is 0 Å². The number of nitrogens with one attached hydrogen (secondary N) is 1. The van der Waals surface area contributed by atoms with Crippen LogP contribution < -0.4 is 5.32 Å². The molecule has 0 saturated heterocycles. The van der Waals surface area contributed by atoms with E-state index < -0.39 is 6.10 Å². The molecule has 1 aliphatic rings. The van der Waals surface area contributed by atoms with Crippen molar-refractivity contribution in [1.82, 2.24) is 29.6 Å². The summed E-state index contributed by atoms with van der Waals surface area (Å²) < 4.78 is 3.77. The zero-order valence-corrected chi connectivity index (χ0v) is 17.5. The second-order valence-electron chi connectivity index (χ2n) is 8.15. The first-order valence-corrected chi connectivity index (χ1v) is 10.4. The molecule has 0 radical (unpaired) electrons. The Balaban J connectivity index is 1.44. The van der Waals surface area contributed by atoms with Crippen LogP contribution in [0.15, 0.2) is 48.9 Å². The van der Waals surface area contributed by atoms with E-state index in [9.17, 15) is 9.90 Å². The van der Waals surface area contributed by atoms with Gasteiger partial charge in [-0.2, -0.15) is 5.10 Å². The van der Waals surface area contributed by atoms with Gasteiger partial charge in [-0.3, -0.25) is 14.5 Å².